The van der Waals surface area contributed by atoms with Crippen LogP contribution in [0.5, 0.6) is 0 Å². The molecular formula is C14H12N2O4S. The van der Waals surface area contributed by atoms with Crippen LogP contribution in [0.4, 0.5) is 5.69 Å². The van der Waals surface area contributed by atoms with Crippen LogP contribution in [0.15, 0.2) is 36.4 Å². The van der Waals surface area contributed by atoms with Crippen LogP contribution < -0.4 is 0 Å². The van der Waals surface area contributed by atoms with E-state index in [9.17, 15) is 18.5 Å². The van der Waals surface area contributed by atoms with Crippen molar-refractivity contribution in [1.82, 2.24) is 3.97 Å². The summed E-state index contributed by atoms with van der Waals surface area (Å²) in [5, 5.41) is 12.3. The van der Waals surface area contributed by atoms with E-state index in [2.05, 4.69) is 0 Å². The molecule has 0 spiro atoms. The number of hydrogen-bond acceptors (Lipinski definition) is 4. The summed E-state index contributed by atoms with van der Waals surface area (Å²) in [6.07, 6.45) is 1.12. The number of hydrogen-bond donors (Lipinski definition) is 0. The molecule has 7 heteroatoms. The van der Waals surface area contributed by atoms with Gasteiger partial charge in [-0.05, 0) is 19.1 Å². The van der Waals surface area contributed by atoms with Crippen molar-refractivity contribution in [3.8, 4) is 0 Å². The number of para-hydroxylation sites is 1. The summed E-state index contributed by atoms with van der Waals surface area (Å²) < 4.78 is 25.4. The summed E-state index contributed by atoms with van der Waals surface area (Å²) in [6.45, 7) is 1.60. The van der Waals surface area contributed by atoms with Gasteiger partial charge < -0.3 is 0 Å². The molecule has 21 heavy (non-hydrogen) atoms. The molecule has 0 amide bonds. The molecule has 6 nitrogen and oxygen atoms in total. The minimum Gasteiger partial charge on any atom is -0.258 e. The maximum atomic E-state index is 12.1. The van der Waals surface area contributed by atoms with Gasteiger partial charge in [-0.25, -0.2) is 12.4 Å². The highest BCUT2D eigenvalue weighted by atomic mass is 32.2. The van der Waals surface area contributed by atoms with E-state index in [1.807, 2.05) is 0 Å². The predicted molar refractivity (Wildman–Crippen MR) is 81.1 cm³/mol. The number of nitrogens with zero attached hydrogens (tertiary/aromatic N) is 2. The van der Waals surface area contributed by atoms with Crippen molar-refractivity contribution in [1.29, 1.82) is 0 Å². The second-order valence-electron chi connectivity index (χ2n) is 4.96. The summed E-state index contributed by atoms with van der Waals surface area (Å²) in [5.74, 6) is 0. The largest absolute Gasteiger partial charge is 0.273 e. The zero-order valence-corrected chi connectivity index (χ0v) is 12.2. The number of fused-ring (bicyclic) bond motifs is 3. The van der Waals surface area contributed by atoms with E-state index in [1.165, 1.54) is 10.0 Å². The van der Waals surface area contributed by atoms with E-state index < -0.39 is 14.9 Å². The number of nitro benzene ring substituents is 1. The van der Waals surface area contributed by atoms with Gasteiger partial charge in [0.1, 0.15) is 0 Å². The highest BCUT2D eigenvalue weighted by Crippen LogP contribution is 2.34. The smallest absolute Gasteiger partial charge is 0.258 e. The molecule has 3 aromatic rings. The summed E-state index contributed by atoms with van der Waals surface area (Å²) in [5.41, 5.74) is 1.40. The minimum absolute atomic E-state index is 0.0149. The van der Waals surface area contributed by atoms with Gasteiger partial charge in [0.25, 0.3) is 5.69 Å². The summed E-state index contributed by atoms with van der Waals surface area (Å²) in [6, 6.07) is 9.96. The molecule has 2 aromatic carbocycles. The normalized spacial score (nSPS) is 12.1. The Morgan fingerprint density at radius 2 is 1.76 bits per heavy atom. The van der Waals surface area contributed by atoms with Crippen LogP contribution in [0.25, 0.3) is 21.8 Å². The number of rotatable bonds is 2. The van der Waals surface area contributed by atoms with Gasteiger partial charge in [-0.15, -0.1) is 0 Å². The number of benzene rings is 2. The first-order valence-corrected chi connectivity index (χ1v) is 8.04. The van der Waals surface area contributed by atoms with Crippen LogP contribution in [0, 0.1) is 17.0 Å². The monoisotopic (exact) mass is 304 g/mol. The molecule has 3 rings (SSSR count). The van der Waals surface area contributed by atoms with Crippen LogP contribution in [-0.2, 0) is 10.0 Å². The molecule has 0 atom stereocenters. The third-order valence-electron chi connectivity index (χ3n) is 3.47. The summed E-state index contributed by atoms with van der Waals surface area (Å²) >= 11 is 0. The molecule has 0 fully saturated rings. The standard InChI is InChI=1S/C14H12N2O4S/c1-9-7-14-11(8-13(9)16(17)18)10-5-3-4-6-12(10)15(14)21(2,19)20/h3-8H,1-2H3. The first-order chi connectivity index (χ1) is 9.80. The quantitative estimate of drug-likeness (QED) is 0.538. The molecule has 0 unspecified atom stereocenters. The SMILES string of the molecule is Cc1cc2c(cc1[N+](=O)[O-])c1ccccc1n2S(C)(=O)=O. The molecule has 0 aliphatic rings. The van der Waals surface area contributed by atoms with Crippen LogP contribution in [0.3, 0.4) is 0 Å². The number of nitro groups is 1. The molecule has 0 aliphatic heterocycles. The summed E-state index contributed by atoms with van der Waals surface area (Å²) in [7, 11) is -3.52. The lowest BCUT2D eigenvalue weighted by molar-refractivity contribution is -0.385. The first kappa shape index (κ1) is 13.6. The zero-order valence-electron chi connectivity index (χ0n) is 11.4. The van der Waals surface area contributed by atoms with Crippen LogP contribution in [-0.4, -0.2) is 23.6 Å². The molecular weight excluding hydrogens is 292 g/mol. The van der Waals surface area contributed by atoms with Crippen molar-refractivity contribution >= 4 is 37.5 Å². The third kappa shape index (κ3) is 1.97. The molecule has 1 aromatic heterocycles. The predicted octanol–water partition coefficient (Wildman–Crippen LogP) is 2.82. The van der Waals surface area contributed by atoms with Crippen molar-refractivity contribution in [2.45, 2.75) is 6.92 Å². The maximum absolute atomic E-state index is 12.1. The van der Waals surface area contributed by atoms with Crippen molar-refractivity contribution in [2.75, 3.05) is 6.26 Å². The maximum Gasteiger partial charge on any atom is 0.273 e. The first-order valence-electron chi connectivity index (χ1n) is 6.19. The minimum atomic E-state index is -3.52. The second-order valence-corrected chi connectivity index (χ2v) is 6.79. The van der Waals surface area contributed by atoms with E-state index in [0.29, 0.717) is 27.4 Å². The highest BCUT2D eigenvalue weighted by molar-refractivity contribution is 7.89. The lowest BCUT2D eigenvalue weighted by Gasteiger charge is -2.04. The summed E-state index contributed by atoms with van der Waals surface area (Å²) in [4.78, 5) is 10.6. The Hall–Kier alpha value is -2.41. The Bertz CT molecular complexity index is 1000. The van der Waals surface area contributed by atoms with Gasteiger partial charge in [-0.2, -0.15) is 0 Å². The van der Waals surface area contributed by atoms with E-state index in [1.54, 1.807) is 37.3 Å². The average Bonchev–Trinajstić information content (AvgIpc) is 2.70. The molecule has 0 saturated heterocycles. The van der Waals surface area contributed by atoms with Crippen molar-refractivity contribution in [3.05, 3.63) is 52.1 Å². The van der Waals surface area contributed by atoms with E-state index in [0.717, 1.165) is 6.26 Å². The lowest BCUT2D eigenvalue weighted by Crippen LogP contribution is -2.09. The van der Waals surface area contributed by atoms with Gasteiger partial charge in [0.15, 0.2) is 0 Å². The van der Waals surface area contributed by atoms with Crippen molar-refractivity contribution in [3.63, 3.8) is 0 Å². The Balaban J connectivity index is 2.62. The van der Waals surface area contributed by atoms with Gasteiger partial charge in [0.05, 0.1) is 22.2 Å². The fraction of sp³-hybridized carbons (Fsp3) is 0.143. The van der Waals surface area contributed by atoms with E-state index in [-0.39, 0.29) is 5.69 Å². The van der Waals surface area contributed by atoms with Gasteiger partial charge >= 0.3 is 0 Å². The topological polar surface area (TPSA) is 82.2 Å². The molecule has 1 heterocycles. The Morgan fingerprint density at radius 3 is 2.38 bits per heavy atom. The molecule has 0 aliphatic carbocycles. The zero-order chi connectivity index (χ0) is 15.4. The van der Waals surface area contributed by atoms with Gasteiger partial charge in [0, 0.05) is 22.4 Å². The average molecular weight is 304 g/mol. The molecule has 0 bridgehead atoms. The Labute approximate surface area is 120 Å². The molecule has 0 saturated carbocycles. The second kappa shape index (κ2) is 4.29. The Kier molecular flexibility index (Phi) is 2.77. The van der Waals surface area contributed by atoms with Crippen molar-refractivity contribution in [2.24, 2.45) is 0 Å². The fourth-order valence-corrected chi connectivity index (χ4v) is 3.65. The molecule has 0 radical (unpaired) electrons. The van der Waals surface area contributed by atoms with Gasteiger partial charge in [-0.3, -0.25) is 10.1 Å². The molecule has 108 valence electrons. The highest BCUT2D eigenvalue weighted by Gasteiger charge is 2.21. The lowest BCUT2D eigenvalue weighted by atomic mass is 10.1. The number of aromatic nitrogens is 1. The van der Waals surface area contributed by atoms with Crippen LogP contribution >= 0.6 is 0 Å². The third-order valence-corrected chi connectivity index (χ3v) is 4.53. The fourth-order valence-electron chi connectivity index (χ4n) is 2.63. The van der Waals surface area contributed by atoms with Gasteiger partial charge in [0.2, 0.25) is 10.0 Å². The van der Waals surface area contributed by atoms with Gasteiger partial charge in [-0.1, -0.05) is 18.2 Å². The van der Waals surface area contributed by atoms with Crippen molar-refractivity contribution < 1.29 is 13.3 Å². The van der Waals surface area contributed by atoms with Crippen LogP contribution in [0.1, 0.15) is 5.56 Å². The van der Waals surface area contributed by atoms with Crippen LogP contribution in [0.2, 0.25) is 0 Å². The number of aryl methyl sites for hydroxylation is 1. The van der Waals surface area contributed by atoms with E-state index >= 15 is 0 Å². The Morgan fingerprint density at radius 1 is 1.10 bits per heavy atom. The van der Waals surface area contributed by atoms with E-state index in [4.69, 9.17) is 0 Å². The molecule has 0 N–H and O–H groups in total.